The molecule has 22 heavy (non-hydrogen) atoms. The summed E-state index contributed by atoms with van der Waals surface area (Å²) >= 11 is 0. The van der Waals surface area contributed by atoms with Crippen molar-refractivity contribution in [1.29, 1.82) is 0 Å². The van der Waals surface area contributed by atoms with E-state index in [4.69, 9.17) is 9.47 Å². The van der Waals surface area contributed by atoms with Crippen molar-refractivity contribution in [2.24, 2.45) is 0 Å². The Morgan fingerprint density at radius 1 is 1.23 bits per heavy atom. The number of carbonyl (C=O) groups is 1. The molecule has 1 fully saturated rings. The number of imidazole rings is 1. The first-order valence-electron chi connectivity index (χ1n) is 7.33. The molecule has 1 aliphatic rings. The standard InChI is InChI=1S/C16H19N3O3/c20-16(18-7-6-17-13-18)19-10-15(11-19)22-9-8-21-12-14-4-2-1-3-5-14/h1-7,13,15H,8-12H2. The van der Waals surface area contributed by atoms with Crippen LogP contribution in [0, 0.1) is 0 Å². The van der Waals surface area contributed by atoms with Crippen LogP contribution < -0.4 is 0 Å². The van der Waals surface area contributed by atoms with Gasteiger partial charge in [0.2, 0.25) is 0 Å². The van der Waals surface area contributed by atoms with E-state index in [1.54, 1.807) is 17.3 Å². The lowest BCUT2D eigenvalue weighted by atomic mass is 10.2. The molecule has 2 aromatic rings. The zero-order valence-corrected chi connectivity index (χ0v) is 12.3. The number of amides is 1. The monoisotopic (exact) mass is 301 g/mol. The molecule has 116 valence electrons. The molecule has 0 N–H and O–H groups in total. The molecule has 1 aromatic heterocycles. The van der Waals surface area contributed by atoms with Crippen molar-refractivity contribution < 1.29 is 14.3 Å². The highest BCUT2D eigenvalue weighted by molar-refractivity contribution is 5.77. The summed E-state index contributed by atoms with van der Waals surface area (Å²) in [5, 5.41) is 0. The molecule has 0 radical (unpaired) electrons. The third-order valence-corrected chi connectivity index (χ3v) is 3.54. The number of benzene rings is 1. The van der Waals surface area contributed by atoms with Gasteiger partial charge in [0.1, 0.15) is 6.33 Å². The molecule has 0 bridgehead atoms. The van der Waals surface area contributed by atoms with Gasteiger partial charge >= 0.3 is 6.03 Å². The van der Waals surface area contributed by atoms with Crippen molar-refractivity contribution in [2.45, 2.75) is 12.7 Å². The summed E-state index contributed by atoms with van der Waals surface area (Å²) in [7, 11) is 0. The molecule has 1 aromatic carbocycles. The van der Waals surface area contributed by atoms with Crippen molar-refractivity contribution in [2.75, 3.05) is 26.3 Å². The van der Waals surface area contributed by atoms with Crippen molar-refractivity contribution in [3.05, 3.63) is 54.6 Å². The highest BCUT2D eigenvalue weighted by atomic mass is 16.5. The Labute approximate surface area is 129 Å². The molecule has 0 saturated carbocycles. The molecule has 1 aliphatic heterocycles. The van der Waals surface area contributed by atoms with E-state index in [1.165, 1.54) is 10.9 Å². The van der Waals surface area contributed by atoms with E-state index in [0.29, 0.717) is 32.9 Å². The number of aromatic nitrogens is 2. The number of likely N-dealkylation sites (tertiary alicyclic amines) is 1. The minimum Gasteiger partial charge on any atom is -0.374 e. The Kier molecular flexibility index (Phi) is 4.82. The van der Waals surface area contributed by atoms with Crippen molar-refractivity contribution in [1.82, 2.24) is 14.5 Å². The average molecular weight is 301 g/mol. The topological polar surface area (TPSA) is 56.6 Å². The van der Waals surface area contributed by atoms with Crippen LogP contribution in [0.2, 0.25) is 0 Å². The Hall–Kier alpha value is -2.18. The molecule has 0 unspecified atom stereocenters. The molecule has 6 nitrogen and oxygen atoms in total. The predicted molar refractivity (Wildman–Crippen MR) is 80.4 cm³/mol. The lowest BCUT2D eigenvalue weighted by Gasteiger charge is -2.38. The molecular weight excluding hydrogens is 282 g/mol. The fourth-order valence-electron chi connectivity index (χ4n) is 2.27. The molecule has 1 amide bonds. The number of ether oxygens (including phenoxy) is 2. The smallest absolute Gasteiger partial charge is 0.329 e. The van der Waals surface area contributed by atoms with Crippen LogP contribution in [-0.4, -0.2) is 52.9 Å². The Morgan fingerprint density at radius 2 is 2.05 bits per heavy atom. The zero-order chi connectivity index (χ0) is 15.2. The molecule has 0 spiro atoms. The summed E-state index contributed by atoms with van der Waals surface area (Å²) < 4.78 is 12.7. The Balaban J connectivity index is 1.27. The first-order valence-corrected chi connectivity index (χ1v) is 7.33. The van der Waals surface area contributed by atoms with Crippen LogP contribution >= 0.6 is 0 Å². The first-order chi connectivity index (χ1) is 10.8. The van der Waals surface area contributed by atoms with E-state index in [0.717, 1.165) is 5.56 Å². The third-order valence-electron chi connectivity index (χ3n) is 3.54. The van der Waals surface area contributed by atoms with Crippen molar-refractivity contribution in [3.63, 3.8) is 0 Å². The highest BCUT2D eigenvalue weighted by Gasteiger charge is 2.31. The van der Waals surface area contributed by atoms with Gasteiger partial charge in [-0.3, -0.25) is 4.57 Å². The van der Waals surface area contributed by atoms with E-state index in [1.807, 2.05) is 30.3 Å². The van der Waals surface area contributed by atoms with E-state index in [2.05, 4.69) is 4.98 Å². The van der Waals surface area contributed by atoms with Gasteiger partial charge in [0.15, 0.2) is 0 Å². The number of nitrogens with zero attached hydrogens (tertiary/aromatic N) is 3. The zero-order valence-electron chi connectivity index (χ0n) is 12.3. The maximum Gasteiger partial charge on any atom is 0.329 e. The van der Waals surface area contributed by atoms with Crippen LogP contribution in [0.1, 0.15) is 5.56 Å². The van der Waals surface area contributed by atoms with Gasteiger partial charge in [0, 0.05) is 12.4 Å². The number of carbonyl (C=O) groups excluding carboxylic acids is 1. The lowest BCUT2D eigenvalue weighted by Crippen LogP contribution is -2.56. The number of rotatable bonds is 6. The van der Waals surface area contributed by atoms with Crippen LogP contribution in [-0.2, 0) is 16.1 Å². The van der Waals surface area contributed by atoms with Crippen LogP contribution in [0.5, 0.6) is 0 Å². The molecule has 0 atom stereocenters. The summed E-state index contributed by atoms with van der Waals surface area (Å²) in [5.74, 6) is 0. The molecule has 2 heterocycles. The van der Waals surface area contributed by atoms with Gasteiger partial charge in [-0.2, -0.15) is 0 Å². The van der Waals surface area contributed by atoms with Crippen LogP contribution in [0.15, 0.2) is 49.1 Å². The average Bonchev–Trinajstić information content (AvgIpc) is 3.03. The van der Waals surface area contributed by atoms with Gasteiger partial charge in [-0.25, -0.2) is 9.78 Å². The fraction of sp³-hybridized carbons (Fsp3) is 0.375. The van der Waals surface area contributed by atoms with Crippen molar-refractivity contribution >= 4 is 6.03 Å². The summed E-state index contributed by atoms with van der Waals surface area (Å²) in [6.45, 7) is 2.94. The van der Waals surface area contributed by atoms with Crippen molar-refractivity contribution in [3.8, 4) is 0 Å². The minimum absolute atomic E-state index is 0.0577. The third kappa shape index (κ3) is 3.72. The number of hydrogen-bond donors (Lipinski definition) is 0. The summed E-state index contributed by atoms with van der Waals surface area (Å²) in [6, 6.07) is 9.99. The first kappa shape index (κ1) is 14.7. The largest absolute Gasteiger partial charge is 0.374 e. The number of hydrogen-bond acceptors (Lipinski definition) is 4. The normalized spacial score (nSPS) is 14.8. The van der Waals surface area contributed by atoms with Gasteiger partial charge in [-0.1, -0.05) is 30.3 Å². The van der Waals surface area contributed by atoms with Crippen LogP contribution in [0.25, 0.3) is 0 Å². The van der Waals surface area contributed by atoms with Gasteiger partial charge in [-0.05, 0) is 5.56 Å². The Morgan fingerprint density at radius 3 is 2.77 bits per heavy atom. The summed E-state index contributed by atoms with van der Waals surface area (Å²) in [6.07, 6.45) is 4.85. The van der Waals surface area contributed by atoms with Gasteiger partial charge in [-0.15, -0.1) is 0 Å². The maximum atomic E-state index is 11.9. The molecule has 1 saturated heterocycles. The van der Waals surface area contributed by atoms with E-state index < -0.39 is 0 Å². The van der Waals surface area contributed by atoms with Gasteiger partial charge in [0.25, 0.3) is 0 Å². The van der Waals surface area contributed by atoms with Gasteiger partial charge in [0.05, 0.1) is 39.0 Å². The predicted octanol–water partition coefficient (Wildman–Crippen LogP) is 1.77. The van der Waals surface area contributed by atoms with E-state index in [9.17, 15) is 4.79 Å². The van der Waals surface area contributed by atoms with Crippen LogP contribution in [0.4, 0.5) is 4.79 Å². The second kappa shape index (κ2) is 7.20. The maximum absolute atomic E-state index is 11.9. The summed E-state index contributed by atoms with van der Waals surface area (Å²) in [5.41, 5.74) is 1.16. The molecule has 3 rings (SSSR count). The van der Waals surface area contributed by atoms with E-state index in [-0.39, 0.29) is 12.1 Å². The molecule has 6 heteroatoms. The summed E-state index contributed by atoms with van der Waals surface area (Å²) in [4.78, 5) is 17.5. The SMILES string of the molecule is O=C(N1CC(OCCOCc2ccccc2)C1)n1ccnc1. The fourth-order valence-corrected chi connectivity index (χ4v) is 2.27. The second-order valence-electron chi connectivity index (χ2n) is 5.19. The van der Waals surface area contributed by atoms with Gasteiger partial charge < -0.3 is 14.4 Å². The van der Waals surface area contributed by atoms with E-state index >= 15 is 0 Å². The highest BCUT2D eigenvalue weighted by Crippen LogP contribution is 2.13. The molecular formula is C16H19N3O3. The quantitative estimate of drug-likeness (QED) is 0.763. The molecule has 0 aliphatic carbocycles. The Bertz CT molecular complexity index is 580. The lowest BCUT2D eigenvalue weighted by molar-refractivity contribution is -0.0570. The van der Waals surface area contributed by atoms with Crippen LogP contribution in [0.3, 0.4) is 0 Å². The minimum atomic E-state index is -0.0577. The second-order valence-corrected chi connectivity index (χ2v) is 5.19.